The number of nitrogens with zero attached hydrogens (tertiary/aromatic N) is 1. The molecule has 0 amide bonds. The number of rotatable bonds is 3. The Hall–Kier alpha value is -2.40. The summed E-state index contributed by atoms with van der Waals surface area (Å²) in [5.41, 5.74) is 3.11. The maximum atomic E-state index is 11.6. The fourth-order valence-corrected chi connectivity index (χ4v) is 2.93. The van der Waals surface area contributed by atoms with E-state index >= 15 is 0 Å². The fraction of sp³-hybridized carbons (Fsp3) is 0.111. The van der Waals surface area contributed by atoms with Crippen LogP contribution in [0, 0.1) is 0 Å². The van der Waals surface area contributed by atoms with Crippen LogP contribution in [-0.2, 0) is 4.74 Å². The van der Waals surface area contributed by atoms with Crippen LogP contribution in [0.1, 0.15) is 10.4 Å². The van der Waals surface area contributed by atoms with Crippen molar-refractivity contribution in [1.82, 2.24) is 4.98 Å². The zero-order chi connectivity index (χ0) is 16.4. The molecule has 0 fully saturated rings. The maximum absolute atomic E-state index is 11.6. The molecule has 5 heteroatoms. The van der Waals surface area contributed by atoms with Gasteiger partial charge in [0.15, 0.2) is 0 Å². The minimum Gasteiger partial charge on any atom is -0.497 e. The van der Waals surface area contributed by atoms with Crippen molar-refractivity contribution < 1.29 is 14.3 Å². The van der Waals surface area contributed by atoms with Gasteiger partial charge >= 0.3 is 5.97 Å². The standard InChI is InChI=1S/C18H14BrNO3/c1-22-13-5-8-16-11(9-13)4-7-17(20-16)14-6-3-12(10-15(14)19)18(21)23-2/h3-10H,1-2H3. The molecule has 1 heterocycles. The minimum atomic E-state index is -0.365. The highest BCUT2D eigenvalue weighted by Gasteiger charge is 2.11. The molecule has 0 saturated heterocycles. The van der Waals surface area contributed by atoms with E-state index in [0.29, 0.717) is 5.56 Å². The summed E-state index contributed by atoms with van der Waals surface area (Å²) in [6.07, 6.45) is 0. The highest BCUT2D eigenvalue weighted by atomic mass is 79.9. The van der Waals surface area contributed by atoms with E-state index in [9.17, 15) is 4.79 Å². The van der Waals surface area contributed by atoms with E-state index in [4.69, 9.17) is 9.47 Å². The summed E-state index contributed by atoms with van der Waals surface area (Å²) in [4.78, 5) is 16.3. The van der Waals surface area contributed by atoms with Crippen LogP contribution in [0.25, 0.3) is 22.2 Å². The Kier molecular flexibility index (Phi) is 4.30. The number of carbonyl (C=O) groups is 1. The van der Waals surface area contributed by atoms with Crippen molar-refractivity contribution in [3.05, 3.63) is 58.6 Å². The number of methoxy groups -OCH3 is 2. The van der Waals surface area contributed by atoms with Gasteiger partial charge in [0.1, 0.15) is 5.75 Å². The SMILES string of the molecule is COC(=O)c1ccc(-c2ccc3cc(OC)ccc3n2)c(Br)c1. The quantitative estimate of drug-likeness (QED) is 0.637. The lowest BCUT2D eigenvalue weighted by atomic mass is 10.1. The Morgan fingerprint density at radius 2 is 1.87 bits per heavy atom. The van der Waals surface area contributed by atoms with Crippen LogP contribution in [0.3, 0.4) is 0 Å². The Morgan fingerprint density at radius 1 is 1.04 bits per heavy atom. The lowest BCUT2D eigenvalue weighted by molar-refractivity contribution is 0.0600. The van der Waals surface area contributed by atoms with Crippen LogP contribution in [-0.4, -0.2) is 25.2 Å². The van der Waals surface area contributed by atoms with Gasteiger partial charge in [0.05, 0.1) is 31.0 Å². The zero-order valence-electron chi connectivity index (χ0n) is 12.7. The van der Waals surface area contributed by atoms with Crippen molar-refractivity contribution in [1.29, 1.82) is 0 Å². The summed E-state index contributed by atoms with van der Waals surface area (Å²) in [5.74, 6) is 0.437. The fourth-order valence-electron chi connectivity index (χ4n) is 2.35. The average molecular weight is 372 g/mol. The second kappa shape index (κ2) is 6.38. The van der Waals surface area contributed by atoms with Gasteiger partial charge in [0, 0.05) is 15.4 Å². The highest BCUT2D eigenvalue weighted by molar-refractivity contribution is 9.10. The number of esters is 1. The Balaban J connectivity index is 2.04. The first-order chi connectivity index (χ1) is 11.1. The zero-order valence-corrected chi connectivity index (χ0v) is 14.3. The third-order valence-electron chi connectivity index (χ3n) is 3.56. The number of fused-ring (bicyclic) bond motifs is 1. The molecule has 0 radical (unpaired) electrons. The van der Waals surface area contributed by atoms with Gasteiger partial charge in [-0.3, -0.25) is 0 Å². The maximum Gasteiger partial charge on any atom is 0.337 e. The van der Waals surface area contributed by atoms with Gasteiger partial charge in [-0.25, -0.2) is 9.78 Å². The predicted octanol–water partition coefficient (Wildman–Crippen LogP) is 4.46. The molecular formula is C18H14BrNO3. The van der Waals surface area contributed by atoms with Gasteiger partial charge in [-0.05, 0) is 36.4 Å². The lowest BCUT2D eigenvalue weighted by Gasteiger charge is -2.08. The summed E-state index contributed by atoms with van der Waals surface area (Å²) in [6.45, 7) is 0. The molecule has 3 rings (SSSR count). The van der Waals surface area contributed by atoms with Crippen molar-refractivity contribution >= 4 is 32.8 Å². The van der Waals surface area contributed by atoms with Crippen LogP contribution in [0.2, 0.25) is 0 Å². The molecule has 4 nitrogen and oxygen atoms in total. The molecule has 0 unspecified atom stereocenters. The first kappa shape index (κ1) is 15.5. The van der Waals surface area contributed by atoms with Crippen molar-refractivity contribution in [2.45, 2.75) is 0 Å². The van der Waals surface area contributed by atoms with Crippen LogP contribution in [0.15, 0.2) is 53.0 Å². The summed E-state index contributed by atoms with van der Waals surface area (Å²) in [5, 5.41) is 1.01. The number of ether oxygens (including phenoxy) is 2. The van der Waals surface area contributed by atoms with Crippen LogP contribution in [0.4, 0.5) is 0 Å². The molecular weight excluding hydrogens is 358 g/mol. The van der Waals surface area contributed by atoms with E-state index in [1.165, 1.54) is 7.11 Å². The summed E-state index contributed by atoms with van der Waals surface area (Å²) in [7, 11) is 3.01. The van der Waals surface area contributed by atoms with E-state index in [2.05, 4.69) is 20.9 Å². The Bertz CT molecular complexity index is 893. The van der Waals surface area contributed by atoms with Crippen molar-refractivity contribution in [3.63, 3.8) is 0 Å². The second-order valence-electron chi connectivity index (χ2n) is 4.94. The van der Waals surface area contributed by atoms with E-state index in [1.807, 2.05) is 36.4 Å². The Morgan fingerprint density at radius 3 is 2.57 bits per heavy atom. The lowest BCUT2D eigenvalue weighted by Crippen LogP contribution is -2.01. The molecule has 0 aliphatic carbocycles. The van der Waals surface area contributed by atoms with Gasteiger partial charge in [0.2, 0.25) is 0 Å². The van der Waals surface area contributed by atoms with Gasteiger partial charge < -0.3 is 9.47 Å². The second-order valence-corrected chi connectivity index (χ2v) is 5.80. The van der Waals surface area contributed by atoms with Crippen LogP contribution in [0.5, 0.6) is 5.75 Å². The third-order valence-corrected chi connectivity index (χ3v) is 4.22. The topological polar surface area (TPSA) is 48.4 Å². The number of halogens is 1. The average Bonchev–Trinajstić information content (AvgIpc) is 2.60. The molecule has 23 heavy (non-hydrogen) atoms. The molecule has 116 valence electrons. The molecule has 0 N–H and O–H groups in total. The number of pyridine rings is 1. The number of hydrogen-bond donors (Lipinski definition) is 0. The molecule has 2 aromatic carbocycles. The normalized spacial score (nSPS) is 10.6. The molecule has 0 aliphatic rings. The predicted molar refractivity (Wildman–Crippen MR) is 92.8 cm³/mol. The first-order valence-corrected chi connectivity index (χ1v) is 7.74. The number of aromatic nitrogens is 1. The van der Waals surface area contributed by atoms with Gasteiger partial charge in [-0.2, -0.15) is 0 Å². The molecule has 0 atom stereocenters. The summed E-state index contributed by atoms with van der Waals surface area (Å²) in [6, 6.07) is 15.0. The molecule has 0 saturated carbocycles. The molecule has 0 spiro atoms. The van der Waals surface area contributed by atoms with E-state index in [-0.39, 0.29) is 5.97 Å². The van der Waals surface area contributed by atoms with Crippen molar-refractivity contribution in [2.75, 3.05) is 14.2 Å². The van der Waals surface area contributed by atoms with Crippen LogP contribution >= 0.6 is 15.9 Å². The largest absolute Gasteiger partial charge is 0.497 e. The van der Waals surface area contributed by atoms with E-state index in [1.54, 1.807) is 19.2 Å². The summed E-state index contributed by atoms with van der Waals surface area (Å²) < 4.78 is 10.7. The molecule has 0 aliphatic heterocycles. The van der Waals surface area contributed by atoms with Gasteiger partial charge in [-0.15, -0.1) is 0 Å². The van der Waals surface area contributed by atoms with Crippen molar-refractivity contribution in [3.8, 4) is 17.0 Å². The van der Waals surface area contributed by atoms with Gasteiger partial charge in [-0.1, -0.05) is 28.1 Å². The van der Waals surface area contributed by atoms with Crippen LogP contribution < -0.4 is 4.74 Å². The Labute approximate surface area is 142 Å². The van der Waals surface area contributed by atoms with Crippen molar-refractivity contribution in [2.24, 2.45) is 0 Å². The van der Waals surface area contributed by atoms with E-state index in [0.717, 1.165) is 32.4 Å². The summed E-state index contributed by atoms with van der Waals surface area (Å²) >= 11 is 3.50. The van der Waals surface area contributed by atoms with E-state index < -0.39 is 0 Å². The number of benzene rings is 2. The number of carbonyl (C=O) groups excluding carboxylic acids is 1. The minimum absolute atomic E-state index is 0.365. The molecule has 1 aromatic heterocycles. The third kappa shape index (κ3) is 3.05. The first-order valence-electron chi connectivity index (χ1n) is 6.95. The number of hydrogen-bond acceptors (Lipinski definition) is 4. The molecule has 3 aromatic rings. The highest BCUT2D eigenvalue weighted by Crippen LogP contribution is 2.30. The smallest absolute Gasteiger partial charge is 0.337 e. The van der Waals surface area contributed by atoms with Gasteiger partial charge in [0.25, 0.3) is 0 Å². The monoisotopic (exact) mass is 371 g/mol. The molecule has 0 bridgehead atoms.